The molecule has 1 N–H and O–H groups in total. The lowest BCUT2D eigenvalue weighted by Gasteiger charge is -2.13. The van der Waals surface area contributed by atoms with Gasteiger partial charge < -0.3 is 15.0 Å². The van der Waals surface area contributed by atoms with Gasteiger partial charge in [-0.2, -0.15) is 5.10 Å². The summed E-state index contributed by atoms with van der Waals surface area (Å²) in [5.41, 5.74) is 4.11. The summed E-state index contributed by atoms with van der Waals surface area (Å²) in [6.45, 7) is -0.375. The first-order valence-electron chi connectivity index (χ1n) is 10.6. The molecule has 2 aromatic heterocycles. The van der Waals surface area contributed by atoms with Crippen molar-refractivity contribution in [3.63, 3.8) is 0 Å². The zero-order valence-corrected chi connectivity index (χ0v) is 19.7. The van der Waals surface area contributed by atoms with Crippen molar-refractivity contribution in [3.8, 4) is 16.3 Å². The first-order chi connectivity index (χ1) is 16.5. The van der Waals surface area contributed by atoms with Crippen molar-refractivity contribution >= 4 is 40.7 Å². The van der Waals surface area contributed by atoms with Gasteiger partial charge in [0.15, 0.2) is 6.61 Å². The molecule has 2 heterocycles. The lowest BCUT2D eigenvalue weighted by atomic mass is 10.2. The first kappa shape index (κ1) is 23.0. The molecule has 0 aliphatic rings. The van der Waals surface area contributed by atoms with Gasteiger partial charge in [-0.25, -0.2) is 9.48 Å². The van der Waals surface area contributed by atoms with Crippen LogP contribution in [-0.4, -0.2) is 42.4 Å². The Morgan fingerprint density at radius 3 is 2.50 bits per heavy atom. The molecule has 4 aromatic rings. The maximum Gasteiger partial charge on any atom is 0.331 e. The van der Waals surface area contributed by atoms with E-state index in [0.29, 0.717) is 5.69 Å². The zero-order valence-electron chi connectivity index (χ0n) is 18.8. The molecule has 0 saturated carbocycles. The molecule has 0 spiro atoms. The standard InChI is InChI=1S/C26H24N4O3S/c1-29(2)21-13-11-20(12-14-21)27-24(31)18-33-25(32)15-10-19-17-30(22-7-4-3-5-8-22)28-26(19)23-9-6-16-34-23/h3-17H,18H2,1-2H3,(H,27,31)/b15-10+. The van der Waals surface area contributed by atoms with Crippen LogP contribution in [-0.2, 0) is 14.3 Å². The average Bonchev–Trinajstić information content (AvgIpc) is 3.52. The minimum absolute atomic E-state index is 0.375. The van der Waals surface area contributed by atoms with E-state index in [2.05, 4.69) is 5.32 Å². The maximum atomic E-state index is 12.2. The van der Waals surface area contributed by atoms with Gasteiger partial charge in [0.25, 0.3) is 5.91 Å². The van der Waals surface area contributed by atoms with Crippen molar-refractivity contribution < 1.29 is 14.3 Å². The van der Waals surface area contributed by atoms with Crippen LogP contribution in [0.25, 0.3) is 22.3 Å². The van der Waals surface area contributed by atoms with Gasteiger partial charge in [-0.1, -0.05) is 24.3 Å². The smallest absolute Gasteiger partial charge is 0.331 e. The van der Waals surface area contributed by atoms with Gasteiger partial charge in [-0.15, -0.1) is 11.3 Å². The van der Waals surface area contributed by atoms with E-state index in [1.54, 1.807) is 34.2 Å². The summed E-state index contributed by atoms with van der Waals surface area (Å²) < 4.78 is 6.88. The van der Waals surface area contributed by atoms with Crippen LogP contribution in [0.5, 0.6) is 0 Å². The summed E-state index contributed by atoms with van der Waals surface area (Å²) in [6, 6.07) is 21.1. The number of esters is 1. The van der Waals surface area contributed by atoms with E-state index in [9.17, 15) is 9.59 Å². The number of hydrogen-bond acceptors (Lipinski definition) is 6. The third-order valence-corrected chi connectivity index (χ3v) is 5.81. The highest BCUT2D eigenvalue weighted by atomic mass is 32.1. The summed E-state index contributed by atoms with van der Waals surface area (Å²) in [7, 11) is 3.88. The van der Waals surface area contributed by atoms with E-state index < -0.39 is 11.9 Å². The minimum atomic E-state index is -0.609. The van der Waals surface area contributed by atoms with Crippen LogP contribution in [0.4, 0.5) is 11.4 Å². The molecule has 0 fully saturated rings. The third-order valence-electron chi connectivity index (χ3n) is 4.93. The summed E-state index contributed by atoms with van der Waals surface area (Å²) in [5, 5.41) is 9.39. The Labute approximate surface area is 201 Å². The highest BCUT2D eigenvalue weighted by Crippen LogP contribution is 2.28. The van der Waals surface area contributed by atoms with E-state index in [0.717, 1.165) is 27.5 Å². The molecule has 7 nitrogen and oxygen atoms in total. The number of nitrogens with zero attached hydrogens (tertiary/aromatic N) is 3. The van der Waals surface area contributed by atoms with Crippen LogP contribution in [0.2, 0.25) is 0 Å². The topological polar surface area (TPSA) is 76.5 Å². The summed E-state index contributed by atoms with van der Waals surface area (Å²) >= 11 is 1.57. The molecule has 0 atom stereocenters. The number of thiophene rings is 1. The molecule has 0 aliphatic carbocycles. The van der Waals surface area contributed by atoms with Crippen LogP contribution in [0, 0.1) is 0 Å². The Hall–Kier alpha value is -4.17. The van der Waals surface area contributed by atoms with Gasteiger partial charge in [-0.05, 0) is 53.9 Å². The number of rotatable bonds is 8. The van der Waals surface area contributed by atoms with Crippen molar-refractivity contribution in [1.29, 1.82) is 0 Å². The molecule has 172 valence electrons. The molecule has 0 unspecified atom stereocenters. The van der Waals surface area contributed by atoms with E-state index in [1.807, 2.05) is 85.2 Å². The number of para-hydroxylation sites is 1. The van der Waals surface area contributed by atoms with E-state index in [4.69, 9.17) is 9.84 Å². The summed E-state index contributed by atoms with van der Waals surface area (Å²) in [6.07, 6.45) is 4.82. The van der Waals surface area contributed by atoms with Crippen LogP contribution in [0.3, 0.4) is 0 Å². The molecule has 8 heteroatoms. The fourth-order valence-corrected chi connectivity index (χ4v) is 3.94. The van der Waals surface area contributed by atoms with Crippen molar-refractivity contribution in [1.82, 2.24) is 9.78 Å². The molecule has 34 heavy (non-hydrogen) atoms. The monoisotopic (exact) mass is 472 g/mol. The third kappa shape index (κ3) is 5.79. The number of carbonyl (C=O) groups excluding carboxylic acids is 2. The Kier molecular flexibility index (Phi) is 7.19. The number of anilines is 2. The van der Waals surface area contributed by atoms with Crippen LogP contribution in [0.1, 0.15) is 5.56 Å². The number of carbonyl (C=O) groups is 2. The van der Waals surface area contributed by atoms with Crippen molar-refractivity contribution in [3.05, 3.63) is 89.9 Å². The van der Waals surface area contributed by atoms with E-state index >= 15 is 0 Å². The zero-order chi connectivity index (χ0) is 23.9. The molecule has 0 aliphatic heterocycles. The fraction of sp³-hybridized carbons (Fsp3) is 0.115. The lowest BCUT2D eigenvalue weighted by Crippen LogP contribution is -2.20. The second-order valence-corrected chi connectivity index (χ2v) is 8.57. The SMILES string of the molecule is CN(C)c1ccc(NC(=O)COC(=O)/C=C/c2cn(-c3ccccc3)nc2-c2cccs2)cc1. The highest BCUT2D eigenvalue weighted by Gasteiger charge is 2.12. The molecule has 4 rings (SSSR count). The van der Waals surface area contributed by atoms with Crippen molar-refractivity contribution in [2.75, 3.05) is 30.9 Å². The van der Waals surface area contributed by atoms with Gasteiger partial charge in [-0.3, -0.25) is 4.79 Å². The molecule has 0 radical (unpaired) electrons. The Balaban J connectivity index is 1.39. The average molecular weight is 473 g/mol. The van der Waals surface area contributed by atoms with Gasteiger partial charge >= 0.3 is 5.97 Å². The van der Waals surface area contributed by atoms with Crippen LogP contribution >= 0.6 is 11.3 Å². The van der Waals surface area contributed by atoms with Gasteiger partial charge in [0.1, 0.15) is 5.69 Å². The number of ether oxygens (including phenoxy) is 1. The molecule has 0 saturated heterocycles. The molecule has 1 amide bonds. The summed E-state index contributed by atoms with van der Waals surface area (Å²) in [5.74, 6) is -1.02. The number of benzene rings is 2. The Bertz CT molecular complexity index is 1280. The quantitative estimate of drug-likeness (QED) is 0.293. The van der Waals surface area contributed by atoms with Crippen LogP contribution in [0.15, 0.2) is 84.4 Å². The highest BCUT2D eigenvalue weighted by molar-refractivity contribution is 7.13. The largest absolute Gasteiger partial charge is 0.452 e. The van der Waals surface area contributed by atoms with Gasteiger partial charge in [0.05, 0.1) is 10.6 Å². The second-order valence-electron chi connectivity index (χ2n) is 7.62. The lowest BCUT2D eigenvalue weighted by molar-refractivity contribution is -0.142. The van der Waals surface area contributed by atoms with Crippen molar-refractivity contribution in [2.24, 2.45) is 0 Å². The Morgan fingerprint density at radius 2 is 1.82 bits per heavy atom. The number of hydrogen-bond donors (Lipinski definition) is 1. The van der Waals surface area contributed by atoms with Gasteiger partial charge in [0.2, 0.25) is 0 Å². The molecular formula is C26H24N4O3S. The fourth-order valence-electron chi connectivity index (χ4n) is 3.21. The summed E-state index contributed by atoms with van der Waals surface area (Å²) in [4.78, 5) is 27.3. The van der Waals surface area contributed by atoms with Gasteiger partial charge in [0, 0.05) is 43.3 Å². The Morgan fingerprint density at radius 1 is 1.06 bits per heavy atom. The molecular weight excluding hydrogens is 448 g/mol. The predicted octanol–water partition coefficient (Wildman–Crippen LogP) is 4.86. The number of amides is 1. The second kappa shape index (κ2) is 10.6. The molecule has 2 aromatic carbocycles. The van der Waals surface area contributed by atoms with E-state index in [-0.39, 0.29) is 6.61 Å². The van der Waals surface area contributed by atoms with Crippen LogP contribution < -0.4 is 10.2 Å². The predicted molar refractivity (Wildman–Crippen MR) is 136 cm³/mol. The van der Waals surface area contributed by atoms with Crippen molar-refractivity contribution in [2.45, 2.75) is 0 Å². The maximum absolute atomic E-state index is 12.2. The minimum Gasteiger partial charge on any atom is -0.452 e. The normalized spacial score (nSPS) is 10.9. The number of aromatic nitrogens is 2. The first-order valence-corrected chi connectivity index (χ1v) is 11.5. The van der Waals surface area contributed by atoms with E-state index in [1.165, 1.54) is 6.08 Å². The number of nitrogens with one attached hydrogen (secondary N) is 1. The molecule has 0 bridgehead atoms.